The van der Waals surface area contributed by atoms with Crippen molar-refractivity contribution in [2.24, 2.45) is 5.73 Å². The molecule has 2 N–H and O–H groups in total. The monoisotopic (exact) mass is 453 g/mol. The number of nitrogens with zero attached hydrogens (tertiary/aromatic N) is 4. The number of imidazole rings is 1. The lowest BCUT2D eigenvalue weighted by molar-refractivity contribution is 0.146. The molecule has 0 bridgehead atoms. The summed E-state index contributed by atoms with van der Waals surface area (Å²) in [5, 5.41) is 0.654. The number of hydrogen-bond acceptors (Lipinski definition) is 6. The number of halogens is 2. The van der Waals surface area contributed by atoms with Gasteiger partial charge in [0, 0.05) is 37.3 Å². The Morgan fingerprint density at radius 1 is 1.18 bits per heavy atom. The van der Waals surface area contributed by atoms with Crippen LogP contribution in [-0.4, -0.2) is 60.0 Å². The van der Waals surface area contributed by atoms with Crippen LogP contribution in [-0.2, 0) is 4.74 Å². The molecule has 3 aromatic heterocycles. The van der Waals surface area contributed by atoms with E-state index in [1.807, 2.05) is 39.8 Å². The number of fused-ring (bicyclic) bond motifs is 2. The molecule has 9 heteroatoms. The van der Waals surface area contributed by atoms with Crippen molar-refractivity contribution in [1.82, 2.24) is 14.4 Å². The van der Waals surface area contributed by atoms with Crippen LogP contribution in [0.15, 0.2) is 48.8 Å². The molecule has 1 aliphatic rings. The van der Waals surface area contributed by atoms with Gasteiger partial charge in [0.1, 0.15) is 30.0 Å². The Kier molecular flexibility index (Phi) is 5.82. The van der Waals surface area contributed by atoms with Crippen LogP contribution in [0.25, 0.3) is 27.9 Å². The van der Waals surface area contributed by atoms with E-state index in [0.717, 1.165) is 5.69 Å². The van der Waals surface area contributed by atoms with E-state index in [1.54, 1.807) is 13.3 Å². The lowest BCUT2D eigenvalue weighted by Gasteiger charge is -2.34. The molecule has 1 saturated heterocycles. The zero-order chi connectivity index (χ0) is 22.9. The lowest BCUT2D eigenvalue weighted by atomic mass is 10.0. The van der Waals surface area contributed by atoms with Gasteiger partial charge in [-0.2, -0.15) is 0 Å². The minimum absolute atomic E-state index is 0.118. The molecule has 33 heavy (non-hydrogen) atoms. The maximum Gasteiger partial charge on any atom is 0.140 e. The summed E-state index contributed by atoms with van der Waals surface area (Å²) in [4.78, 5) is 11.2. The van der Waals surface area contributed by atoms with Crippen molar-refractivity contribution in [1.29, 1.82) is 0 Å². The highest BCUT2D eigenvalue weighted by Gasteiger charge is 2.28. The number of benzene rings is 1. The number of anilines is 1. The van der Waals surface area contributed by atoms with E-state index in [1.165, 1.54) is 12.1 Å². The second-order valence-electron chi connectivity index (χ2n) is 8.18. The Hall–Kier alpha value is -3.30. The fourth-order valence-electron chi connectivity index (χ4n) is 4.19. The topological polar surface area (TPSA) is 77.9 Å². The Labute approximate surface area is 189 Å². The zero-order valence-corrected chi connectivity index (χ0v) is 18.2. The summed E-state index contributed by atoms with van der Waals surface area (Å²) in [6.07, 6.45) is 2.94. The van der Waals surface area contributed by atoms with Crippen molar-refractivity contribution in [2.75, 3.05) is 38.3 Å². The van der Waals surface area contributed by atoms with Gasteiger partial charge in [0.15, 0.2) is 0 Å². The average Bonchev–Trinajstić information content (AvgIpc) is 3.23. The first-order valence-electron chi connectivity index (χ1n) is 10.9. The molecular formula is C24H25F2N5O2. The van der Waals surface area contributed by atoms with E-state index < -0.39 is 12.2 Å². The van der Waals surface area contributed by atoms with Crippen LogP contribution in [0.3, 0.4) is 0 Å². The minimum atomic E-state index is -1.17. The van der Waals surface area contributed by atoms with Gasteiger partial charge in [0.05, 0.1) is 41.9 Å². The van der Waals surface area contributed by atoms with E-state index in [2.05, 4.69) is 4.98 Å². The molecule has 7 nitrogen and oxygen atoms in total. The van der Waals surface area contributed by atoms with E-state index >= 15 is 0 Å². The summed E-state index contributed by atoms with van der Waals surface area (Å²) < 4.78 is 41.3. The first-order chi connectivity index (χ1) is 16.0. The molecule has 0 amide bonds. The molecule has 5 rings (SSSR count). The van der Waals surface area contributed by atoms with Gasteiger partial charge in [0.25, 0.3) is 0 Å². The molecule has 172 valence electrons. The molecule has 1 aromatic carbocycles. The summed E-state index contributed by atoms with van der Waals surface area (Å²) in [5.74, 6) is 0.318. The Bertz CT molecular complexity index is 1290. The first kappa shape index (κ1) is 21.5. The van der Waals surface area contributed by atoms with E-state index in [9.17, 15) is 8.78 Å². The quantitative estimate of drug-likeness (QED) is 0.450. The number of rotatable bonds is 6. The van der Waals surface area contributed by atoms with Crippen LogP contribution >= 0.6 is 0 Å². The first-order valence-corrected chi connectivity index (χ1v) is 10.9. The molecule has 0 saturated carbocycles. The van der Waals surface area contributed by atoms with E-state index in [0.29, 0.717) is 59.9 Å². The highest BCUT2D eigenvalue weighted by molar-refractivity contribution is 5.92. The van der Waals surface area contributed by atoms with Gasteiger partial charge in [-0.15, -0.1) is 0 Å². The maximum absolute atomic E-state index is 14.4. The fourth-order valence-corrected chi connectivity index (χ4v) is 4.19. The third-order valence-corrected chi connectivity index (χ3v) is 5.97. The standard InChI is InChI=1S/C24H25F2N5O2/c1-32-8-9-33-17-4-7-31-22(13-28-23(31)12-17)20-3-2-15-10-16(25)11-21(24(15)29-20)30-6-5-19(27)18(26)14-30/h2-4,7,10-13,18-19H,5-6,8-9,14,27H2,1H3/t18-,19+/m1/s1. The highest BCUT2D eigenvalue weighted by atomic mass is 19.1. The van der Waals surface area contributed by atoms with Crippen molar-refractivity contribution >= 4 is 22.2 Å². The predicted octanol–water partition coefficient (Wildman–Crippen LogP) is 3.59. The predicted molar refractivity (Wildman–Crippen MR) is 123 cm³/mol. The number of ether oxygens (including phenoxy) is 2. The van der Waals surface area contributed by atoms with E-state index in [4.69, 9.17) is 20.2 Å². The maximum atomic E-state index is 14.4. The van der Waals surface area contributed by atoms with Gasteiger partial charge in [-0.05, 0) is 30.7 Å². The average molecular weight is 453 g/mol. The van der Waals surface area contributed by atoms with Crippen LogP contribution in [0.2, 0.25) is 0 Å². The van der Waals surface area contributed by atoms with Crippen molar-refractivity contribution in [3.05, 3.63) is 54.6 Å². The summed E-state index contributed by atoms with van der Waals surface area (Å²) in [5.41, 5.74) is 9.20. The second-order valence-corrected chi connectivity index (χ2v) is 8.18. The molecule has 0 unspecified atom stereocenters. The van der Waals surface area contributed by atoms with Gasteiger partial charge < -0.3 is 20.1 Å². The molecule has 0 radical (unpaired) electrons. The fraction of sp³-hybridized carbons (Fsp3) is 0.333. The molecule has 2 atom stereocenters. The number of hydrogen-bond donors (Lipinski definition) is 1. The molecule has 1 fully saturated rings. The summed E-state index contributed by atoms with van der Waals surface area (Å²) in [7, 11) is 1.62. The molecule has 1 aliphatic heterocycles. The van der Waals surface area contributed by atoms with Gasteiger partial charge in [-0.1, -0.05) is 6.07 Å². The highest BCUT2D eigenvalue weighted by Crippen LogP contribution is 2.32. The van der Waals surface area contributed by atoms with Crippen molar-refractivity contribution in [3.63, 3.8) is 0 Å². The number of nitrogens with two attached hydrogens (primary N) is 1. The van der Waals surface area contributed by atoms with Gasteiger partial charge in [0.2, 0.25) is 0 Å². The molecule has 0 aliphatic carbocycles. The van der Waals surface area contributed by atoms with Crippen molar-refractivity contribution < 1.29 is 18.3 Å². The van der Waals surface area contributed by atoms with Gasteiger partial charge >= 0.3 is 0 Å². The SMILES string of the molecule is COCCOc1ccn2c(-c3ccc4cc(F)cc(N5CC[C@H](N)[C@H](F)C5)c4n3)cnc2c1. The Morgan fingerprint density at radius 2 is 2.06 bits per heavy atom. The smallest absolute Gasteiger partial charge is 0.140 e. The van der Waals surface area contributed by atoms with Crippen molar-refractivity contribution in [2.45, 2.75) is 18.6 Å². The summed E-state index contributed by atoms with van der Waals surface area (Å²) in [6.45, 7) is 1.62. The Morgan fingerprint density at radius 3 is 2.88 bits per heavy atom. The number of pyridine rings is 2. The van der Waals surface area contributed by atoms with E-state index in [-0.39, 0.29) is 12.4 Å². The van der Waals surface area contributed by atoms with Crippen LogP contribution in [0.5, 0.6) is 5.75 Å². The second kappa shape index (κ2) is 8.92. The molecule has 4 heterocycles. The van der Waals surface area contributed by atoms with Crippen LogP contribution in [0.1, 0.15) is 6.42 Å². The summed E-state index contributed by atoms with van der Waals surface area (Å²) >= 11 is 0. The zero-order valence-electron chi connectivity index (χ0n) is 18.2. The lowest BCUT2D eigenvalue weighted by Crippen LogP contribution is -2.48. The number of aromatic nitrogens is 3. The molecule has 4 aromatic rings. The van der Waals surface area contributed by atoms with Crippen LogP contribution in [0, 0.1) is 5.82 Å². The number of piperidine rings is 1. The van der Waals surface area contributed by atoms with Crippen molar-refractivity contribution in [3.8, 4) is 17.1 Å². The molecular weight excluding hydrogens is 428 g/mol. The van der Waals surface area contributed by atoms with Crippen LogP contribution < -0.4 is 15.4 Å². The molecule has 0 spiro atoms. The third-order valence-electron chi connectivity index (χ3n) is 5.97. The number of methoxy groups -OCH3 is 1. The minimum Gasteiger partial charge on any atom is -0.491 e. The third kappa shape index (κ3) is 4.21. The largest absolute Gasteiger partial charge is 0.491 e. The number of alkyl halides is 1. The normalized spacial score (nSPS) is 18.8. The summed E-state index contributed by atoms with van der Waals surface area (Å²) in [6, 6.07) is 9.73. The van der Waals surface area contributed by atoms with Crippen LogP contribution in [0.4, 0.5) is 14.5 Å². The van der Waals surface area contributed by atoms with Gasteiger partial charge in [-0.25, -0.2) is 18.7 Å². The Balaban J connectivity index is 1.53. The van der Waals surface area contributed by atoms with Gasteiger partial charge in [-0.3, -0.25) is 4.40 Å².